The van der Waals surface area contributed by atoms with Crippen molar-refractivity contribution in [3.8, 4) is 5.75 Å². The highest BCUT2D eigenvalue weighted by Gasteiger charge is 2.03. The van der Waals surface area contributed by atoms with Gasteiger partial charge in [0.1, 0.15) is 5.75 Å². The number of hydrogen-bond donors (Lipinski definition) is 2. The third-order valence-corrected chi connectivity index (χ3v) is 2.91. The summed E-state index contributed by atoms with van der Waals surface area (Å²) in [5, 5.41) is 5.92. The van der Waals surface area contributed by atoms with Crippen LogP contribution < -0.4 is 15.4 Å². The molecule has 0 spiro atoms. The van der Waals surface area contributed by atoms with Crippen molar-refractivity contribution in [2.45, 2.75) is 33.1 Å². The lowest BCUT2D eigenvalue weighted by Crippen LogP contribution is -2.15. The number of rotatable bonds is 9. The molecule has 0 atom stereocenters. The maximum atomic E-state index is 11.7. The Balaban J connectivity index is 2.40. The second-order valence-corrected chi connectivity index (χ2v) is 5.31. The largest absolute Gasteiger partial charge is 0.494 e. The van der Waals surface area contributed by atoms with E-state index < -0.39 is 0 Å². The van der Waals surface area contributed by atoms with Gasteiger partial charge in [0.2, 0.25) is 5.91 Å². The van der Waals surface area contributed by atoms with Gasteiger partial charge in [0.15, 0.2) is 0 Å². The van der Waals surface area contributed by atoms with Crippen LogP contribution in [0.3, 0.4) is 0 Å². The average Bonchev–Trinajstić information content (AvgIpc) is 2.39. The van der Waals surface area contributed by atoms with Crippen LogP contribution >= 0.6 is 0 Å². The molecule has 2 N–H and O–H groups in total. The van der Waals surface area contributed by atoms with E-state index in [9.17, 15) is 4.79 Å². The smallest absolute Gasteiger partial charge is 0.224 e. The van der Waals surface area contributed by atoms with Crippen molar-refractivity contribution < 1.29 is 9.53 Å². The topological polar surface area (TPSA) is 50.4 Å². The summed E-state index contributed by atoms with van der Waals surface area (Å²) in [5.41, 5.74) is 0.793. The fourth-order valence-corrected chi connectivity index (χ4v) is 1.73. The maximum absolute atomic E-state index is 11.7. The summed E-state index contributed by atoms with van der Waals surface area (Å²) in [6.07, 6.45) is 2.40. The zero-order valence-electron chi connectivity index (χ0n) is 12.7. The molecule has 0 saturated carbocycles. The lowest BCUT2D eigenvalue weighted by atomic mass is 10.1. The van der Waals surface area contributed by atoms with Crippen LogP contribution in [0.2, 0.25) is 0 Å². The van der Waals surface area contributed by atoms with Crippen molar-refractivity contribution >= 4 is 11.6 Å². The Kier molecular flexibility index (Phi) is 7.73. The van der Waals surface area contributed by atoms with Crippen LogP contribution in [0, 0.1) is 5.92 Å². The van der Waals surface area contributed by atoms with E-state index in [1.807, 2.05) is 31.3 Å². The van der Waals surface area contributed by atoms with Gasteiger partial charge in [0, 0.05) is 18.2 Å². The molecule has 4 nitrogen and oxygen atoms in total. The molecule has 1 rings (SSSR count). The first-order valence-electron chi connectivity index (χ1n) is 7.29. The first kappa shape index (κ1) is 16.5. The van der Waals surface area contributed by atoms with Gasteiger partial charge in [-0.25, -0.2) is 0 Å². The molecule has 0 saturated heterocycles. The van der Waals surface area contributed by atoms with Crippen molar-refractivity contribution in [2.75, 3.05) is 25.5 Å². The highest BCUT2D eigenvalue weighted by atomic mass is 16.5. The average molecular weight is 278 g/mol. The summed E-state index contributed by atoms with van der Waals surface area (Å²) in [4.78, 5) is 11.7. The predicted octanol–water partition coefficient (Wildman–Crippen LogP) is 3.05. The molecule has 0 bridgehead atoms. The minimum atomic E-state index is 0.0413. The first-order valence-corrected chi connectivity index (χ1v) is 7.29. The fourth-order valence-electron chi connectivity index (χ4n) is 1.73. The second-order valence-electron chi connectivity index (χ2n) is 5.31. The maximum Gasteiger partial charge on any atom is 0.224 e. The van der Waals surface area contributed by atoms with Crippen LogP contribution in [0.5, 0.6) is 5.75 Å². The minimum Gasteiger partial charge on any atom is -0.494 e. The molecule has 20 heavy (non-hydrogen) atoms. The summed E-state index contributed by atoms with van der Waals surface area (Å²) in [7, 11) is 1.88. The lowest BCUT2D eigenvalue weighted by Gasteiger charge is -2.10. The van der Waals surface area contributed by atoms with Crippen LogP contribution in [-0.4, -0.2) is 26.1 Å². The zero-order valence-corrected chi connectivity index (χ0v) is 12.7. The molecule has 1 amide bonds. The van der Waals surface area contributed by atoms with Crippen molar-refractivity contribution in [3.05, 3.63) is 24.3 Å². The lowest BCUT2D eigenvalue weighted by molar-refractivity contribution is -0.116. The van der Waals surface area contributed by atoms with Gasteiger partial charge in [-0.1, -0.05) is 19.9 Å². The number of ether oxygens (including phenoxy) is 1. The van der Waals surface area contributed by atoms with Gasteiger partial charge in [-0.2, -0.15) is 0 Å². The van der Waals surface area contributed by atoms with Crippen LogP contribution in [0.25, 0.3) is 0 Å². The number of hydrogen-bond acceptors (Lipinski definition) is 3. The van der Waals surface area contributed by atoms with Gasteiger partial charge in [-0.15, -0.1) is 0 Å². The zero-order chi connectivity index (χ0) is 14.8. The van der Waals surface area contributed by atoms with Gasteiger partial charge in [0.05, 0.1) is 6.61 Å². The molecule has 0 aromatic heterocycles. The van der Waals surface area contributed by atoms with E-state index in [1.165, 1.54) is 0 Å². The van der Waals surface area contributed by atoms with E-state index in [1.54, 1.807) is 0 Å². The number of anilines is 1. The van der Waals surface area contributed by atoms with Crippen molar-refractivity contribution in [1.29, 1.82) is 0 Å². The van der Waals surface area contributed by atoms with Crippen LogP contribution in [-0.2, 0) is 4.79 Å². The normalized spacial score (nSPS) is 10.6. The van der Waals surface area contributed by atoms with Gasteiger partial charge in [-0.05, 0) is 44.5 Å². The summed E-state index contributed by atoms with van der Waals surface area (Å²) >= 11 is 0. The third-order valence-electron chi connectivity index (χ3n) is 2.91. The molecule has 0 radical (unpaired) electrons. The Morgan fingerprint density at radius 2 is 2.15 bits per heavy atom. The number of amides is 1. The number of benzene rings is 1. The Morgan fingerprint density at radius 1 is 1.35 bits per heavy atom. The molecule has 112 valence electrons. The van der Waals surface area contributed by atoms with Gasteiger partial charge < -0.3 is 15.4 Å². The van der Waals surface area contributed by atoms with Gasteiger partial charge in [-0.3, -0.25) is 4.79 Å². The Labute approximate surface area is 121 Å². The van der Waals surface area contributed by atoms with Crippen molar-refractivity contribution in [1.82, 2.24) is 5.32 Å². The summed E-state index contributed by atoms with van der Waals surface area (Å²) in [5.74, 6) is 1.48. The van der Waals surface area contributed by atoms with E-state index in [0.717, 1.165) is 30.8 Å². The quantitative estimate of drug-likeness (QED) is 0.683. The summed E-state index contributed by atoms with van der Waals surface area (Å²) in [6.45, 7) is 5.90. The summed E-state index contributed by atoms with van der Waals surface area (Å²) in [6, 6.07) is 7.56. The van der Waals surface area contributed by atoms with Gasteiger partial charge in [0.25, 0.3) is 0 Å². The summed E-state index contributed by atoms with van der Waals surface area (Å²) < 4.78 is 5.68. The molecule has 1 aromatic rings. The predicted molar refractivity (Wildman–Crippen MR) is 83.2 cm³/mol. The monoisotopic (exact) mass is 278 g/mol. The van der Waals surface area contributed by atoms with Crippen molar-refractivity contribution in [3.63, 3.8) is 0 Å². The number of carbonyl (C=O) groups excluding carboxylic acids is 1. The molecule has 0 heterocycles. The Morgan fingerprint density at radius 3 is 2.85 bits per heavy atom. The fraction of sp³-hybridized carbons (Fsp3) is 0.562. The molecule has 0 fully saturated rings. The van der Waals surface area contributed by atoms with Crippen LogP contribution in [0.1, 0.15) is 33.1 Å². The Bertz CT molecular complexity index is 405. The first-order chi connectivity index (χ1) is 9.61. The minimum absolute atomic E-state index is 0.0413. The van der Waals surface area contributed by atoms with E-state index >= 15 is 0 Å². The van der Waals surface area contributed by atoms with E-state index in [0.29, 0.717) is 18.9 Å². The SMILES string of the molecule is CNCCCC(=O)Nc1cccc(OCCC(C)C)c1. The number of nitrogens with one attached hydrogen (secondary N) is 2. The van der Waals surface area contributed by atoms with E-state index in [-0.39, 0.29) is 5.91 Å². The molecule has 0 aliphatic rings. The van der Waals surface area contributed by atoms with Gasteiger partial charge >= 0.3 is 0 Å². The Hall–Kier alpha value is -1.55. The molecular formula is C16H26N2O2. The van der Waals surface area contributed by atoms with E-state index in [4.69, 9.17) is 4.74 Å². The second kappa shape index (κ2) is 9.37. The standard InChI is InChI=1S/C16H26N2O2/c1-13(2)9-11-20-15-7-4-6-14(12-15)18-16(19)8-5-10-17-3/h4,6-7,12-13,17H,5,8-11H2,1-3H3,(H,18,19). The number of carbonyl (C=O) groups is 1. The molecule has 1 aromatic carbocycles. The van der Waals surface area contributed by atoms with E-state index in [2.05, 4.69) is 24.5 Å². The highest BCUT2D eigenvalue weighted by molar-refractivity contribution is 5.90. The van der Waals surface area contributed by atoms with Crippen LogP contribution in [0.15, 0.2) is 24.3 Å². The molecule has 0 aliphatic heterocycles. The van der Waals surface area contributed by atoms with Crippen molar-refractivity contribution in [2.24, 2.45) is 5.92 Å². The third kappa shape index (κ3) is 7.14. The van der Waals surface area contributed by atoms with Crippen LogP contribution in [0.4, 0.5) is 5.69 Å². The highest BCUT2D eigenvalue weighted by Crippen LogP contribution is 2.18. The molecule has 0 aliphatic carbocycles. The molecular weight excluding hydrogens is 252 g/mol. The molecule has 0 unspecified atom stereocenters. The molecule has 4 heteroatoms.